The van der Waals surface area contributed by atoms with Crippen molar-refractivity contribution in [3.05, 3.63) is 39.9 Å². The van der Waals surface area contributed by atoms with Gasteiger partial charge in [-0.3, -0.25) is 0 Å². The molecule has 1 aromatic rings. The average molecular weight is 240 g/mol. The van der Waals surface area contributed by atoms with E-state index >= 15 is 0 Å². The van der Waals surface area contributed by atoms with Crippen LogP contribution in [0.4, 0.5) is 0 Å². The minimum atomic E-state index is 0.111. The molecule has 1 nitrogen and oxygen atoms in total. The highest BCUT2D eigenvalue weighted by Gasteiger charge is 1.94. The van der Waals surface area contributed by atoms with Crippen molar-refractivity contribution in [2.24, 2.45) is 5.73 Å². The molecule has 1 unspecified atom stereocenters. The van der Waals surface area contributed by atoms with E-state index in [4.69, 9.17) is 5.73 Å². The minimum absolute atomic E-state index is 0.111. The molecule has 0 spiro atoms. The molecule has 1 aromatic carbocycles. The second-order valence-corrected chi connectivity index (χ2v) is 4.08. The summed E-state index contributed by atoms with van der Waals surface area (Å²) in [7, 11) is 0. The van der Waals surface area contributed by atoms with Crippen LogP contribution in [0.3, 0.4) is 0 Å². The lowest BCUT2D eigenvalue weighted by molar-refractivity contribution is 0.931. The van der Waals surface area contributed by atoms with Gasteiger partial charge in [-0.1, -0.05) is 40.2 Å². The van der Waals surface area contributed by atoms with Crippen LogP contribution < -0.4 is 5.73 Å². The summed E-state index contributed by atoms with van der Waals surface area (Å²) in [5.41, 5.74) is 8.03. The molecule has 2 N–H and O–H groups in total. The Kier molecular flexibility index (Phi) is 3.70. The van der Waals surface area contributed by atoms with Crippen LogP contribution in [-0.4, -0.2) is 6.04 Å². The topological polar surface area (TPSA) is 26.0 Å². The van der Waals surface area contributed by atoms with Gasteiger partial charge >= 0.3 is 0 Å². The van der Waals surface area contributed by atoms with Gasteiger partial charge in [-0.25, -0.2) is 0 Å². The fourth-order valence-corrected chi connectivity index (χ4v) is 1.37. The maximum Gasteiger partial charge on any atom is 0.0210 e. The Labute approximate surface area is 87.8 Å². The summed E-state index contributed by atoms with van der Waals surface area (Å²) in [6.45, 7) is 4.03. The van der Waals surface area contributed by atoms with Crippen LogP contribution in [0.2, 0.25) is 0 Å². The fraction of sp³-hybridized carbons (Fsp3) is 0.273. The van der Waals surface area contributed by atoms with E-state index in [1.54, 1.807) is 0 Å². The highest BCUT2D eigenvalue weighted by molar-refractivity contribution is 9.10. The van der Waals surface area contributed by atoms with E-state index in [2.05, 4.69) is 41.1 Å². The third-order valence-corrected chi connectivity index (χ3v) is 2.64. The molecule has 2 heteroatoms. The molecular formula is C11H14BrN. The molecule has 0 aliphatic carbocycles. The number of hydrogen-bond acceptors (Lipinski definition) is 1. The van der Waals surface area contributed by atoms with Gasteiger partial charge < -0.3 is 5.73 Å². The molecule has 0 radical (unpaired) electrons. The summed E-state index contributed by atoms with van der Waals surface area (Å²) < 4.78 is 1.14. The SMILES string of the molecule is Cc1ccc(/C=C/C(C)N)cc1Br. The van der Waals surface area contributed by atoms with Gasteiger partial charge in [-0.2, -0.15) is 0 Å². The van der Waals surface area contributed by atoms with E-state index in [-0.39, 0.29) is 6.04 Å². The molecule has 0 saturated carbocycles. The molecule has 70 valence electrons. The zero-order valence-corrected chi connectivity index (χ0v) is 9.51. The highest BCUT2D eigenvalue weighted by Crippen LogP contribution is 2.18. The molecular weight excluding hydrogens is 226 g/mol. The first-order valence-corrected chi connectivity index (χ1v) is 5.09. The number of nitrogens with two attached hydrogens (primary N) is 1. The van der Waals surface area contributed by atoms with Crippen molar-refractivity contribution >= 4 is 22.0 Å². The number of aryl methyl sites for hydroxylation is 1. The maximum atomic E-state index is 5.61. The van der Waals surface area contributed by atoms with Gasteiger partial charge in [0.15, 0.2) is 0 Å². The Bertz CT molecular complexity index is 316. The van der Waals surface area contributed by atoms with Crippen molar-refractivity contribution in [2.75, 3.05) is 0 Å². The summed E-state index contributed by atoms with van der Waals surface area (Å²) >= 11 is 3.49. The van der Waals surface area contributed by atoms with Crippen molar-refractivity contribution in [1.29, 1.82) is 0 Å². The van der Waals surface area contributed by atoms with Gasteiger partial charge in [0, 0.05) is 10.5 Å². The molecule has 0 amide bonds. The lowest BCUT2D eigenvalue weighted by Gasteiger charge is -2.00. The molecule has 0 aliphatic heterocycles. The molecule has 0 aliphatic rings. The van der Waals surface area contributed by atoms with Crippen molar-refractivity contribution in [3.63, 3.8) is 0 Å². The van der Waals surface area contributed by atoms with Crippen LogP contribution >= 0.6 is 15.9 Å². The van der Waals surface area contributed by atoms with Crippen LogP contribution in [0, 0.1) is 6.92 Å². The van der Waals surface area contributed by atoms with Crippen LogP contribution in [0.1, 0.15) is 18.1 Å². The summed E-state index contributed by atoms with van der Waals surface area (Å²) in [5, 5.41) is 0. The summed E-state index contributed by atoms with van der Waals surface area (Å²) in [4.78, 5) is 0. The number of halogens is 1. The predicted molar refractivity (Wildman–Crippen MR) is 61.6 cm³/mol. The zero-order chi connectivity index (χ0) is 9.84. The van der Waals surface area contributed by atoms with Crippen LogP contribution in [-0.2, 0) is 0 Å². The van der Waals surface area contributed by atoms with E-state index in [1.807, 2.05) is 19.1 Å². The molecule has 0 bridgehead atoms. The quantitative estimate of drug-likeness (QED) is 0.844. The Morgan fingerprint density at radius 1 is 1.46 bits per heavy atom. The largest absolute Gasteiger partial charge is 0.325 e. The van der Waals surface area contributed by atoms with Gasteiger partial charge in [-0.05, 0) is 31.0 Å². The standard InChI is InChI=1S/C11H14BrN/c1-8-3-5-10(7-11(8)12)6-4-9(2)13/h3-7,9H,13H2,1-2H3/b6-4+. The van der Waals surface area contributed by atoms with E-state index in [0.29, 0.717) is 0 Å². The van der Waals surface area contributed by atoms with Crippen LogP contribution in [0.5, 0.6) is 0 Å². The Morgan fingerprint density at radius 3 is 2.69 bits per heavy atom. The van der Waals surface area contributed by atoms with Gasteiger partial charge in [0.1, 0.15) is 0 Å². The molecule has 1 atom stereocenters. The Balaban J connectivity index is 2.85. The first-order valence-electron chi connectivity index (χ1n) is 4.29. The first kappa shape index (κ1) is 10.5. The van der Waals surface area contributed by atoms with Gasteiger partial charge in [0.25, 0.3) is 0 Å². The van der Waals surface area contributed by atoms with Gasteiger partial charge in [0.05, 0.1) is 0 Å². The smallest absolute Gasteiger partial charge is 0.0210 e. The van der Waals surface area contributed by atoms with Gasteiger partial charge in [0.2, 0.25) is 0 Å². The zero-order valence-electron chi connectivity index (χ0n) is 7.92. The summed E-state index contributed by atoms with van der Waals surface area (Å²) in [5.74, 6) is 0. The van der Waals surface area contributed by atoms with Crippen molar-refractivity contribution in [2.45, 2.75) is 19.9 Å². The minimum Gasteiger partial charge on any atom is -0.325 e. The second kappa shape index (κ2) is 4.58. The number of benzene rings is 1. The second-order valence-electron chi connectivity index (χ2n) is 3.23. The van der Waals surface area contributed by atoms with E-state index < -0.39 is 0 Å². The maximum absolute atomic E-state index is 5.61. The van der Waals surface area contributed by atoms with Crippen molar-refractivity contribution < 1.29 is 0 Å². The number of rotatable bonds is 2. The molecule has 0 aromatic heterocycles. The van der Waals surface area contributed by atoms with E-state index in [9.17, 15) is 0 Å². The lowest BCUT2D eigenvalue weighted by Crippen LogP contribution is -2.09. The molecule has 0 heterocycles. The van der Waals surface area contributed by atoms with Crippen LogP contribution in [0.15, 0.2) is 28.7 Å². The van der Waals surface area contributed by atoms with E-state index in [0.717, 1.165) is 4.47 Å². The number of hydrogen-bond donors (Lipinski definition) is 1. The summed E-state index contributed by atoms with van der Waals surface area (Å²) in [6, 6.07) is 6.37. The van der Waals surface area contributed by atoms with Crippen molar-refractivity contribution in [3.8, 4) is 0 Å². The Hall–Kier alpha value is -0.600. The van der Waals surface area contributed by atoms with Crippen LogP contribution in [0.25, 0.3) is 6.08 Å². The fourth-order valence-electron chi connectivity index (χ4n) is 0.976. The first-order chi connectivity index (χ1) is 6.09. The van der Waals surface area contributed by atoms with Crippen molar-refractivity contribution in [1.82, 2.24) is 0 Å². The molecule has 13 heavy (non-hydrogen) atoms. The molecule has 0 fully saturated rings. The lowest BCUT2D eigenvalue weighted by atomic mass is 10.1. The normalized spacial score (nSPS) is 13.5. The third kappa shape index (κ3) is 3.33. The Morgan fingerprint density at radius 2 is 2.15 bits per heavy atom. The highest BCUT2D eigenvalue weighted by atomic mass is 79.9. The monoisotopic (exact) mass is 239 g/mol. The van der Waals surface area contributed by atoms with Gasteiger partial charge in [-0.15, -0.1) is 0 Å². The summed E-state index contributed by atoms with van der Waals surface area (Å²) in [6.07, 6.45) is 4.02. The molecule has 0 saturated heterocycles. The molecule has 1 rings (SSSR count). The van der Waals surface area contributed by atoms with E-state index in [1.165, 1.54) is 11.1 Å². The third-order valence-electron chi connectivity index (χ3n) is 1.79. The predicted octanol–water partition coefficient (Wildman–Crippen LogP) is 3.12. The average Bonchev–Trinajstić information content (AvgIpc) is 2.07.